The molecule has 2 unspecified atom stereocenters. The van der Waals surface area contributed by atoms with Crippen molar-refractivity contribution in [2.45, 2.75) is 38.0 Å². The van der Waals surface area contributed by atoms with Gasteiger partial charge in [0.05, 0.1) is 6.54 Å². The van der Waals surface area contributed by atoms with Crippen LogP contribution in [0.25, 0.3) is 0 Å². The summed E-state index contributed by atoms with van der Waals surface area (Å²) in [5, 5.41) is 24.9. The molecule has 112 valence electrons. The van der Waals surface area contributed by atoms with Crippen LogP contribution < -0.4 is 0 Å². The third-order valence-corrected chi connectivity index (χ3v) is 3.74. The molecule has 2 N–H and O–H groups in total. The van der Waals surface area contributed by atoms with Crippen molar-refractivity contribution in [2.75, 3.05) is 0 Å². The summed E-state index contributed by atoms with van der Waals surface area (Å²) in [5.74, 6) is -0.446. The molecule has 21 heavy (non-hydrogen) atoms. The molecule has 0 aliphatic heterocycles. The highest BCUT2D eigenvalue weighted by molar-refractivity contribution is 5.89. The summed E-state index contributed by atoms with van der Waals surface area (Å²) in [4.78, 5) is 16.1. The zero-order valence-corrected chi connectivity index (χ0v) is 12.1. The molecular weight excluding hydrogens is 270 g/mol. The van der Waals surface area contributed by atoms with Crippen LogP contribution in [-0.4, -0.2) is 42.0 Å². The lowest BCUT2D eigenvalue weighted by Gasteiger charge is -2.37. The Bertz CT molecular complexity index is 592. The topological polar surface area (TPSA) is 88.2 Å². The van der Waals surface area contributed by atoms with E-state index < -0.39 is 17.0 Å². The predicted molar refractivity (Wildman–Crippen MR) is 76.4 cm³/mol. The van der Waals surface area contributed by atoms with Crippen molar-refractivity contribution in [3.8, 4) is 0 Å². The van der Waals surface area contributed by atoms with E-state index in [1.165, 1.54) is 31.2 Å². The molecule has 0 spiro atoms. The first-order valence-corrected chi connectivity index (χ1v) is 6.67. The van der Waals surface area contributed by atoms with Crippen LogP contribution in [0.5, 0.6) is 0 Å². The molecule has 0 saturated heterocycles. The van der Waals surface area contributed by atoms with E-state index in [1.807, 2.05) is 18.2 Å². The van der Waals surface area contributed by atoms with E-state index in [0.29, 0.717) is 0 Å². The lowest BCUT2D eigenvalue weighted by Crippen LogP contribution is -2.58. The number of ketones is 1. The molecule has 1 heterocycles. The van der Waals surface area contributed by atoms with Crippen molar-refractivity contribution >= 4 is 5.78 Å². The van der Waals surface area contributed by atoms with Gasteiger partial charge in [-0.25, -0.2) is 9.67 Å². The highest BCUT2D eigenvalue weighted by Gasteiger charge is 2.47. The van der Waals surface area contributed by atoms with Crippen LogP contribution in [0.1, 0.15) is 19.4 Å². The summed E-state index contributed by atoms with van der Waals surface area (Å²) in [6.07, 6.45) is 2.81. The van der Waals surface area contributed by atoms with E-state index in [4.69, 9.17) is 0 Å². The van der Waals surface area contributed by atoms with Gasteiger partial charge in [-0.05, 0) is 19.4 Å². The van der Waals surface area contributed by atoms with Gasteiger partial charge < -0.3 is 10.2 Å². The predicted octanol–water partition coefficient (Wildman–Crippen LogP) is 0.592. The van der Waals surface area contributed by atoms with Crippen LogP contribution in [0.3, 0.4) is 0 Å². The van der Waals surface area contributed by atoms with E-state index in [1.54, 1.807) is 12.1 Å². The van der Waals surface area contributed by atoms with Gasteiger partial charge in [-0.3, -0.25) is 4.79 Å². The van der Waals surface area contributed by atoms with Crippen molar-refractivity contribution in [1.29, 1.82) is 0 Å². The second-order valence-corrected chi connectivity index (χ2v) is 5.52. The molecule has 0 radical (unpaired) electrons. The molecule has 0 fully saturated rings. The Kier molecular flexibility index (Phi) is 4.20. The lowest BCUT2D eigenvalue weighted by molar-refractivity contribution is -0.168. The average molecular weight is 289 g/mol. The number of hydrogen-bond donors (Lipinski definition) is 2. The Morgan fingerprint density at radius 1 is 1.24 bits per heavy atom. The molecule has 0 bridgehead atoms. The molecule has 0 aliphatic carbocycles. The molecule has 1 aromatic heterocycles. The summed E-state index contributed by atoms with van der Waals surface area (Å²) in [6.45, 7) is 2.72. The SMILES string of the molecule is CC(O)(Cn1cncn1)C(C)(O)C(=O)Cc1ccccc1. The number of Topliss-reactive ketones (excluding diaryl/α,β-unsaturated/α-hetero) is 1. The van der Waals surface area contributed by atoms with Gasteiger partial charge >= 0.3 is 0 Å². The van der Waals surface area contributed by atoms with Gasteiger partial charge in [0.2, 0.25) is 0 Å². The van der Waals surface area contributed by atoms with Gasteiger partial charge in [-0.1, -0.05) is 30.3 Å². The number of nitrogens with zero attached hydrogens (tertiary/aromatic N) is 3. The highest BCUT2D eigenvalue weighted by Crippen LogP contribution is 2.26. The van der Waals surface area contributed by atoms with E-state index in [9.17, 15) is 15.0 Å². The van der Waals surface area contributed by atoms with E-state index in [2.05, 4.69) is 10.1 Å². The fourth-order valence-electron chi connectivity index (χ4n) is 2.04. The monoisotopic (exact) mass is 289 g/mol. The Morgan fingerprint density at radius 3 is 2.48 bits per heavy atom. The van der Waals surface area contributed by atoms with Crippen molar-refractivity contribution in [3.63, 3.8) is 0 Å². The Morgan fingerprint density at radius 2 is 1.90 bits per heavy atom. The molecule has 6 heteroatoms. The minimum absolute atomic E-state index is 0.0273. The van der Waals surface area contributed by atoms with Crippen LogP contribution in [0, 0.1) is 0 Å². The van der Waals surface area contributed by atoms with Crippen LogP contribution in [-0.2, 0) is 17.8 Å². The summed E-state index contributed by atoms with van der Waals surface area (Å²) >= 11 is 0. The fraction of sp³-hybridized carbons (Fsp3) is 0.400. The number of benzene rings is 1. The van der Waals surface area contributed by atoms with E-state index >= 15 is 0 Å². The van der Waals surface area contributed by atoms with Crippen LogP contribution in [0.2, 0.25) is 0 Å². The number of aliphatic hydroxyl groups is 2. The minimum Gasteiger partial charge on any atom is -0.385 e. The molecule has 2 rings (SSSR count). The molecular formula is C15H19N3O3. The minimum atomic E-state index is -1.89. The van der Waals surface area contributed by atoms with Crippen molar-refractivity contribution in [2.24, 2.45) is 0 Å². The quantitative estimate of drug-likeness (QED) is 0.812. The standard InChI is InChI=1S/C15H19N3O3/c1-14(20,9-18-11-16-10-17-18)15(2,21)13(19)8-12-6-4-3-5-7-12/h3-7,10-11,20-21H,8-9H2,1-2H3. The van der Waals surface area contributed by atoms with Gasteiger partial charge in [0.15, 0.2) is 11.4 Å². The van der Waals surface area contributed by atoms with Gasteiger partial charge in [-0.15, -0.1) is 0 Å². The molecule has 6 nitrogen and oxygen atoms in total. The van der Waals surface area contributed by atoms with Crippen molar-refractivity contribution in [1.82, 2.24) is 14.8 Å². The van der Waals surface area contributed by atoms with E-state index in [0.717, 1.165) is 5.56 Å². The van der Waals surface area contributed by atoms with E-state index in [-0.39, 0.29) is 13.0 Å². The Hall–Kier alpha value is -2.05. The molecule has 0 saturated carbocycles. The number of aromatic nitrogens is 3. The molecule has 2 atom stereocenters. The van der Waals surface area contributed by atoms with Crippen LogP contribution in [0.15, 0.2) is 43.0 Å². The first kappa shape index (κ1) is 15.3. The first-order valence-electron chi connectivity index (χ1n) is 6.67. The van der Waals surface area contributed by atoms with Crippen molar-refractivity contribution in [3.05, 3.63) is 48.5 Å². The summed E-state index contributed by atoms with van der Waals surface area (Å²) in [6, 6.07) is 9.11. The Balaban J connectivity index is 2.13. The average Bonchev–Trinajstić information content (AvgIpc) is 2.91. The number of hydrogen-bond acceptors (Lipinski definition) is 5. The zero-order valence-electron chi connectivity index (χ0n) is 12.1. The maximum Gasteiger partial charge on any atom is 0.171 e. The summed E-state index contributed by atoms with van der Waals surface area (Å²) < 4.78 is 1.38. The zero-order chi connectivity index (χ0) is 15.5. The van der Waals surface area contributed by atoms with Gasteiger partial charge in [0.1, 0.15) is 18.3 Å². The van der Waals surface area contributed by atoms with Gasteiger partial charge in [0.25, 0.3) is 0 Å². The second-order valence-electron chi connectivity index (χ2n) is 5.52. The lowest BCUT2D eigenvalue weighted by atomic mass is 9.80. The third kappa shape index (κ3) is 3.34. The van der Waals surface area contributed by atoms with Gasteiger partial charge in [-0.2, -0.15) is 5.10 Å². The summed E-state index contributed by atoms with van der Waals surface area (Å²) in [5.41, 5.74) is -2.76. The normalized spacial score (nSPS) is 17.0. The van der Waals surface area contributed by atoms with Gasteiger partial charge in [0, 0.05) is 6.42 Å². The second kappa shape index (κ2) is 5.75. The summed E-state index contributed by atoms with van der Waals surface area (Å²) in [7, 11) is 0. The van der Waals surface area contributed by atoms with Crippen molar-refractivity contribution < 1.29 is 15.0 Å². The number of rotatable bonds is 6. The third-order valence-electron chi connectivity index (χ3n) is 3.74. The first-order chi connectivity index (χ1) is 9.83. The molecule has 0 amide bonds. The largest absolute Gasteiger partial charge is 0.385 e. The molecule has 1 aromatic carbocycles. The van der Waals surface area contributed by atoms with Crippen LogP contribution in [0.4, 0.5) is 0 Å². The maximum atomic E-state index is 12.4. The highest BCUT2D eigenvalue weighted by atomic mass is 16.4. The smallest absolute Gasteiger partial charge is 0.171 e. The number of carbonyl (C=O) groups excluding carboxylic acids is 1. The molecule has 0 aliphatic rings. The van der Waals surface area contributed by atoms with Crippen LogP contribution >= 0.6 is 0 Å². The fourth-order valence-corrected chi connectivity index (χ4v) is 2.04. The Labute approximate surface area is 123 Å². The maximum absolute atomic E-state index is 12.4. The molecule has 2 aromatic rings. The number of carbonyl (C=O) groups is 1.